The van der Waals surface area contributed by atoms with Gasteiger partial charge in [0.15, 0.2) is 0 Å². The molecule has 3 rings (SSSR count). The van der Waals surface area contributed by atoms with Gasteiger partial charge in [-0.05, 0) is 75.9 Å². The molecule has 1 aromatic carbocycles. The van der Waals surface area contributed by atoms with Crippen molar-refractivity contribution in [1.29, 1.82) is 0 Å². The lowest BCUT2D eigenvalue weighted by molar-refractivity contribution is 0.150. The summed E-state index contributed by atoms with van der Waals surface area (Å²) >= 11 is 5.95. The number of methoxy groups -OCH3 is 1. The molecule has 0 amide bonds. The molecule has 1 saturated heterocycles. The zero-order valence-corrected chi connectivity index (χ0v) is 15.9. The Balaban J connectivity index is 1.55. The number of ether oxygens (including phenoxy) is 1. The maximum absolute atomic E-state index is 5.95. The van der Waals surface area contributed by atoms with Crippen molar-refractivity contribution in [1.82, 2.24) is 9.88 Å². The highest BCUT2D eigenvalue weighted by molar-refractivity contribution is 6.30. The number of halogens is 1. The fraction of sp³-hybridized carbons (Fsp3) is 0.550. The Morgan fingerprint density at radius 3 is 2.64 bits per heavy atom. The molecule has 0 aliphatic carbocycles. The van der Waals surface area contributed by atoms with Gasteiger partial charge in [-0.2, -0.15) is 0 Å². The van der Waals surface area contributed by atoms with Crippen molar-refractivity contribution in [2.75, 3.05) is 26.8 Å². The van der Waals surface area contributed by atoms with E-state index in [1.165, 1.54) is 25.7 Å². The van der Waals surface area contributed by atoms with E-state index in [0.717, 1.165) is 54.2 Å². The summed E-state index contributed by atoms with van der Waals surface area (Å²) in [5.74, 6) is 2.43. The number of likely N-dealkylation sites (tertiary alicyclic amines) is 1. The molecule has 0 spiro atoms. The smallest absolute Gasteiger partial charge is 0.226 e. The number of nitrogens with zero attached hydrogens (tertiary/aromatic N) is 2. The number of benzene rings is 1. The van der Waals surface area contributed by atoms with Crippen LogP contribution < -0.4 is 0 Å². The van der Waals surface area contributed by atoms with Crippen LogP contribution in [-0.4, -0.2) is 36.7 Å². The van der Waals surface area contributed by atoms with E-state index < -0.39 is 0 Å². The number of aromatic nitrogens is 1. The lowest BCUT2D eigenvalue weighted by Gasteiger charge is -2.31. The number of hydrogen-bond donors (Lipinski definition) is 0. The molecule has 1 aliphatic heterocycles. The van der Waals surface area contributed by atoms with Crippen LogP contribution in [0.4, 0.5) is 0 Å². The molecular formula is C20H27ClN2O2. The summed E-state index contributed by atoms with van der Waals surface area (Å²) in [7, 11) is 1.78. The second kappa shape index (κ2) is 8.84. The van der Waals surface area contributed by atoms with Gasteiger partial charge in [0.1, 0.15) is 5.76 Å². The Morgan fingerprint density at radius 1 is 1.24 bits per heavy atom. The van der Waals surface area contributed by atoms with Crippen LogP contribution in [0.2, 0.25) is 5.02 Å². The highest BCUT2D eigenvalue weighted by Gasteiger charge is 2.21. The highest BCUT2D eigenvalue weighted by Crippen LogP contribution is 2.26. The molecule has 0 unspecified atom stereocenters. The zero-order chi connectivity index (χ0) is 17.6. The van der Waals surface area contributed by atoms with Gasteiger partial charge in [0, 0.05) is 30.8 Å². The minimum absolute atomic E-state index is 0.679. The SMILES string of the molecule is COCCCC1CCN(Cc2nc(-c3ccc(Cl)cc3)oc2C)CC1. The van der Waals surface area contributed by atoms with Gasteiger partial charge >= 0.3 is 0 Å². The fourth-order valence-electron chi connectivity index (χ4n) is 3.45. The van der Waals surface area contributed by atoms with Gasteiger partial charge in [-0.15, -0.1) is 0 Å². The lowest BCUT2D eigenvalue weighted by Crippen LogP contribution is -2.33. The van der Waals surface area contributed by atoms with E-state index in [4.69, 9.17) is 25.7 Å². The van der Waals surface area contributed by atoms with E-state index in [1.807, 2.05) is 31.2 Å². The molecule has 25 heavy (non-hydrogen) atoms. The summed E-state index contributed by atoms with van der Waals surface area (Å²) in [5, 5.41) is 0.723. The van der Waals surface area contributed by atoms with Crippen LogP contribution in [0.15, 0.2) is 28.7 Å². The molecule has 5 heteroatoms. The molecule has 2 aromatic rings. The molecule has 0 saturated carbocycles. The van der Waals surface area contributed by atoms with Crippen molar-refractivity contribution >= 4 is 11.6 Å². The first-order valence-electron chi connectivity index (χ1n) is 9.09. The average molecular weight is 363 g/mol. The van der Waals surface area contributed by atoms with Gasteiger partial charge in [-0.1, -0.05) is 11.6 Å². The first-order valence-corrected chi connectivity index (χ1v) is 9.47. The van der Waals surface area contributed by atoms with E-state index in [-0.39, 0.29) is 0 Å². The summed E-state index contributed by atoms with van der Waals surface area (Å²) in [4.78, 5) is 7.20. The summed E-state index contributed by atoms with van der Waals surface area (Å²) in [6, 6.07) is 7.63. The van der Waals surface area contributed by atoms with Gasteiger partial charge in [0.05, 0.1) is 5.69 Å². The van der Waals surface area contributed by atoms with Crippen LogP contribution in [0.3, 0.4) is 0 Å². The van der Waals surface area contributed by atoms with E-state index in [1.54, 1.807) is 7.11 Å². The standard InChI is InChI=1S/C20H27ClN2O2/c1-15-19(22-20(25-15)17-5-7-18(21)8-6-17)14-23-11-9-16(10-12-23)4-3-13-24-2/h5-8,16H,3-4,9-14H2,1-2H3. The number of piperidine rings is 1. The molecule has 0 bridgehead atoms. The predicted molar refractivity (Wildman–Crippen MR) is 101 cm³/mol. The summed E-state index contributed by atoms with van der Waals surface area (Å²) in [6.45, 7) is 6.03. The minimum atomic E-state index is 0.679. The number of rotatable bonds is 7. The molecule has 0 atom stereocenters. The summed E-state index contributed by atoms with van der Waals surface area (Å²) in [6.07, 6.45) is 4.99. The second-order valence-corrected chi connectivity index (χ2v) is 7.32. The van der Waals surface area contributed by atoms with Crippen molar-refractivity contribution in [2.24, 2.45) is 5.92 Å². The molecule has 1 aliphatic rings. The highest BCUT2D eigenvalue weighted by atomic mass is 35.5. The van der Waals surface area contributed by atoms with Crippen LogP contribution in [0.25, 0.3) is 11.5 Å². The van der Waals surface area contributed by atoms with E-state index in [9.17, 15) is 0 Å². The van der Waals surface area contributed by atoms with Gasteiger partial charge in [-0.25, -0.2) is 4.98 Å². The van der Waals surface area contributed by atoms with Crippen LogP contribution in [0.1, 0.15) is 37.1 Å². The molecule has 1 aromatic heterocycles. The summed E-state index contributed by atoms with van der Waals surface area (Å²) in [5.41, 5.74) is 2.01. The third kappa shape index (κ3) is 5.06. The first kappa shape index (κ1) is 18.4. The van der Waals surface area contributed by atoms with Crippen LogP contribution in [-0.2, 0) is 11.3 Å². The lowest BCUT2D eigenvalue weighted by atomic mass is 9.92. The van der Waals surface area contributed by atoms with Crippen molar-refractivity contribution < 1.29 is 9.15 Å². The average Bonchev–Trinajstić information content (AvgIpc) is 2.98. The van der Waals surface area contributed by atoms with Gasteiger partial charge in [0.2, 0.25) is 5.89 Å². The Labute approximate surface area is 155 Å². The molecule has 1 fully saturated rings. The Kier molecular flexibility index (Phi) is 6.51. The third-order valence-corrected chi connectivity index (χ3v) is 5.28. The maximum atomic E-state index is 5.95. The molecule has 0 radical (unpaired) electrons. The Hall–Kier alpha value is -1.36. The maximum Gasteiger partial charge on any atom is 0.226 e. The second-order valence-electron chi connectivity index (χ2n) is 6.88. The van der Waals surface area contributed by atoms with Gasteiger partial charge < -0.3 is 9.15 Å². The van der Waals surface area contributed by atoms with E-state index >= 15 is 0 Å². The van der Waals surface area contributed by atoms with Gasteiger partial charge in [-0.3, -0.25) is 4.90 Å². The zero-order valence-electron chi connectivity index (χ0n) is 15.1. The number of hydrogen-bond acceptors (Lipinski definition) is 4. The van der Waals surface area contributed by atoms with Crippen LogP contribution >= 0.6 is 11.6 Å². The van der Waals surface area contributed by atoms with E-state index in [0.29, 0.717) is 5.89 Å². The van der Waals surface area contributed by atoms with Crippen molar-refractivity contribution in [3.63, 3.8) is 0 Å². The molecule has 4 nitrogen and oxygen atoms in total. The fourth-order valence-corrected chi connectivity index (χ4v) is 3.58. The molecule has 2 heterocycles. The van der Waals surface area contributed by atoms with Crippen molar-refractivity contribution in [2.45, 2.75) is 39.2 Å². The van der Waals surface area contributed by atoms with E-state index in [2.05, 4.69) is 4.90 Å². The normalized spacial score (nSPS) is 16.4. The molecular weight excluding hydrogens is 336 g/mol. The van der Waals surface area contributed by atoms with Crippen LogP contribution in [0, 0.1) is 12.8 Å². The van der Waals surface area contributed by atoms with Crippen molar-refractivity contribution in [3.05, 3.63) is 40.7 Å². The number of oxazole rings is 1. The van der Waals surface area contributed by atoms with Gasteiger partial charge in [0.25, 0.3) is 0 Å². The first-order chi connectivity index (χ1) is 12.2. The largest absolute Gasteiger partial charge is 0.441 e. The topological polar surface area (TPSA) is 38.5 Å². The number of aryl methyl sites for hydroxylation is 1. The predicted octanol–water partition coefficient (Wildman–Crippen LogP) is 4.94. The third-order valence-electron chi connectivity index (χ3n) is 5.03. The Bertz CT molecular complexity index is 661. The van der Waals surface area contributed by atoms with Crippen LogP contribution in [0.5, 0.6) is 0 Å². The minimum Gasteiger partial charge on any atom is -0.441 e. The van der Waals surface area contributed by atoms with Crippen molar-refractivity contribution in [3.8, 4) is 11.5 Å². The monoisotopic (exact) mass is 362 g/mol. The molecule has 136 valence electrons. The molecule has 0 N–H and O–H groups in total. The summed E-state index contributed by atoms with van der Waals surface area (Å²) < 4.78 is 11.0. The Morgan fingerprint density at radius 2 is 1.96 bits per heavy atom. The quantitative estimate of drug-likeness (QED) is 0.654.